The van der Waals surface area contributed by atoms with Gasteiger partial charge in [-0.2, -0.15) is 0 Å². The number of para-hydroxylation sites is 2. The summed E-state index contributed by atoms with van der Waals surface area (Å²) in [5.41, 5.74) is 0.456. The van der Waals surface area contributed by atoms with E-state index in [9.17, 15) is 14.0 Å². The third kappa shape index (κ3) is 4.71. The Morgan fingerprint density at radius 2 is 1.70 bits per heavy atom. The highest BCUT2D eigenvalue weighted by atomic mass is 19.1. The van der Waals surface area contributed by atoms with E-state index in [1.807, 2.05) is 23.1 Å². The molecule has 2 heterocycles. The van der Waals surface area contributed by atoms with Crippen LogP contribution in [-0.4, -0.2) is 67.0 Å². The number of nitrogens with one attached hydrogen (secondary N) is 1. The molecule has 4 rings (SSSR count). The summed E-state index contributed by atoms with van der Waals surface area (Å²) >= 11 is 0. The van der Waals surface area contributed by atoms with Crippen LogP contribution in [0.1, 0.15) is 5.56 Å². The molecule has 0 radical (unpaired) electrons. The Morgan fingerprint density at radius 1 is 1.00 bits per heavy atom. The molecule has 2 amide bonds. The Balaban J connectivity index is 1.21. The zero-order valence-corrected chi connectivity index (χ0v) is 16.6. The smallest absolute Gasteiger partial charge is 0.267 e. The van der Waals surface area contributed by atoms with E-state index in [1.54, 1.807) is 29.2 Å². The first kappa shape index (κ1) is 20.2. The summed E-state index contributed by atoms with van der Waals surface area (Å²) in [6.45, 7) is 2.76. The molecular weight excluding hydrogens is 389 g/mol. The molecule has 8 heteroatoms. The lowest BCUT2D eigenvalue weighted by atomic mass is 10.2. The van der Waals surface area contributed by atoms with Gasteiger partial charge in [-0.25, -0.2) is 4.39 Å². The van der Waals surface area contributed by atoms with Crippen molar-refractivity contribution in [2.45, 2.75) is 12.6 Å². The molecule has 0 unspecified atom stereocenters. The molecular formula is C22H24FN3O4. The number of nitrogens with zero attached hydrogens (tertiary/aromatic N) is 2. The number of amides is 2. The van der Waals surface area contributed by atoms with Gasteiger partial charge in [-0.1, -0.05) is 30.3 Å². The minimum atomic E-state index is -0.657. The molecule has 158 valence electrons. The minimum Gasteiger partial charge on any atom is -0.485 e. The highest BCUT2D eigenvalue weighted by molar-refractivity contribution is 5.82. The lowest BCUT2D eigenvalue weighted by molar-refractivity contribution is -0.143. The number of hydrogen-bond donors (Lipinski definition) is 1. The maximum Gasteiger partial charge on any atom is 0.267 e. The van der Waals surface area contributed by atoms with Crippen molar-refractivity contribution >= 4 is 11.8 Å². The number of carbonyl (C=O) groups is 2. The third-order valence-corrected chi connectivity index (χ3v) is 5.27. The molecule has 1 atom stereocenters. The van der Waals surface area contributed by atoms with E-state index in [1.165, 1.54) is 6.07 Å². The highest BCUT2D eigenvalue weighted by Gasteiger charge is 2.32. The van der Waals surface area contributed by atoms with Crippen LogP contribution in [0.25, 0.3) is 0 Å². The van der Waals surface area contributed by atoms with E-state index in [2.05, 4.69) is 5.32 Å². The van der Waals surface area contributed by atoms with E-state index >= 15 is 0 Å². The fraction of sp³-hybridized carbons (Fsp3) is 0.364. The number of carbonyl (C=O) groups excluding carboxylic acids is 2. The van der Waals surface area contributed by atoms with Crippen molar-refractivity contribution in [3.05, 3.63) is 59.9 Å². The second-order valence-corrected chi connectivity index (χ2v) is 7.33. The number of ether oxygens (including phenoxy) is 2. The zero-order valence-electron chi connectivity index (χ0n) is 16.6. The van der Waals surface area contributed by atoms with Crippen molar-refractivity contribution in [3.8, 4) is 11.5 Å². The van der Waals surface area contributed by atoms with Gasteiger partial charge in [0.2, 0.25) is 12.0 Å². The van der Waals surface area contributed by atoms with Gasteiger partial charge in [0.25, 0.3) is 5.91 Å². The van der Waals surface area contributed by atoms with E-state index in [0.29, 0.717) is 43.2 Å². The van der Waals surface area contributed by atoms with Gasteiger partial charge in [-0.05, 0) is 18.2 Å². The Morgan fingerprint density at radius 3 is 2.47 bits per heavy atom. The predicted molar refractivity (Wildman–Crippen MR) is 108 cm³/mol. The summed E-state index contributed by atoms with van der Waals surface area (Å²) in [5, 5.41) is 2.74. The van der Waals surface area contributed by atoms with E-state index in [0.717, 1.165) is 0 Å². The molecule has 2 aromatic rings. The number of halogens is 1. The average Bonchev–Trinajstić information content (AvgIpc) is 2.78. The van der Waals surface area contributed by atoms with Crippen LogP contribution in [0.15, 0.2) is 48.5 Å². The standard InChI is InChI=1S/C22H24FN3O4/c23-17-6-2-1-5-16(17)13-24-21(27)14-25-9-11-26(12-10-25)22(28)20-15-29-18-7-3-4-8-19(18)30-20/h1-8,20H,9-15H2,(H,24,27)/t20-/m1/s1. The first-order valence-corrected chi connectivity index (χ1v) is 10.00. The van der Waals surface area contributed by atoms with Gasteiger partial charge in [-0.3, -0.25) is 14.5 Å². The van der Waals surface area contributed by atoms with E-state index in [-0.39, 0.29) is 37.3 Å². The number of benzene rings is 2. The normalized spacial score (nSPS) is 18.7. The molecule has 1 N–H and O–H groups in total. The topological polar surface area (TPSA) is 71.1 Å². The summed E-state index contributed by atoms with van der Waals surface area (Å²) in [6, 6.07) is 13.7. The van der Waals surface area contributed by atoms with Gasteiger partial charge >= 0.3 is 0 Å². The zero-order chi connectivity index (χ0) is 20.9. The van der Waals surface area contributed by atoms with E-state index < -0.39 is 6.10 Å². The maximum atomic E-state index is 13.6. The van der Waals surface area contributed by atoms with Crippen molar-refractivity contribution in [1.82, 2.24) is 15.1 Å². The van der Waals surface area contributed by atoms with Crippen molar-refractivity contribution in [2.24, 2.45) is 0 Å². The lowest BCUT2D eigenvalue weighted by Gasteiger charge is -2.36. The van der Waals surface area contributed by atoms with Crippen molar-refractivity contribution in [1.29, 1.82) is 0 Å². The number of rotatable bonds is 5. The Labute approximate surface area is 174 Å². The van der Waals surface area contributed by atoms with Gasteiger partial charge in [0.15, 0.2) is 11.5 Å². The summed E-state index contributed by atoms with van der Waals surface area (Å²) in [4.78, 5) is 28.7. The maximum absolute atomic E-state index is 13.6. The fourth-order valence-electron chi connectivity index (χ4n) is 3.57. The molecule has 0 aliphatic carbocycles. The molecule has 0 saturated carbocycles. The van der Waals surface area contributed by atoms with Gasteiger partial charge in [-0.15, -0.1) is 0 Å². The molecule has 0 aromatic heterocycles. The summed E-state index contributed by atoms with van der Waals surface area (Å²) in [6.07, 6.45) is -0.657. The molecule has 7 nitrogen and oxygen atoms in total. The Kier molecular flexibility index (Phi) is 6.13. The Bertz CT molecular complexity index is 915. The summed E-state index contributed by atoms with van der Waals surface area (Å²) < 4.78 is 25.1. The summed E-state index contributed by atoms with van der Waals surface area (Å²) in [5.74, 6) is 0.619. The predicted octanol–water partition coefficient (Wildman–Crippen LogP) is 1.43. The highest BCUT2D eigenvalue weighted by Crippen LogP contribution is 2.31. The molecule has 1 fully saturated rings. The second-order valence-electron chi connectivity index (χ2n) is 7.33. The molecule has 1 saturated heterocycles. The van der Waals surface area contributed by atoms with Crippen LogP contribution < -0.4 is 14.8 Å². The SMILES string of the molecule is O=C(CN1CCN(C(=O)[C@H]2COc3ccccc3O2)CC1)NCc1ccccc1F. The van der Waals surface area contributed by atoms with Crippen molar-refractivity contribution in [2.75, 3.05) is 39.3 Å². The van der Waals surface area contributed by atoms with Crippen LogP contribution in [0.3, 0.4) is 0 Å². The van der Waals surface area contributed by atoms with Crippen molar-refractivity contribution in [3.63, 3.8) is 0 Å². The van der Waals surface area contributed by atoms with Crippen LogP contribution >= 0.6 is 0 Å². The fourth-order valence-corrected chi connectivity index (χ4v) is 3.57. The second kappa shape index (κ2) is 9.13. The van der Waals surface area contributed by atoms with Crippen LogP contribution in [0.2, 0.25) is 0 Å². The average molecular weight is 413 g/mol. The van der Waals surface area contributed by atoms with Crippen LogP contribution in [0.5, 0.6) is 11.5 Å². The molecule has 0 spiro atoms. The number of fused-ring (bicyclic) bond motifs is 1. The molecule has 0 bridgehead atoms. The van der Waals surface area contributed by atoms with Crippen LogP contribution in [0, 0.1) is 5.82 Å². The minimum absolute atomic E-state index is 0.104. The van der Waals surface area contributed by atoms with Crippen LogP contribution in [-0.2, 0) is 16.1 Å². The van der Waals surface area contributed by atoms with Crippen molar-refractivity contribution < 1.29 is 23.5 Å². The molecule has 2 aliphatic heterocycles. The number of hydrogen-bond acceptors (Lipinski definition) is 5. The number of piperazine rings is 1. The molecule has 2 aliphatic rings. The molecule has 2 aromatic carbocycles. The first-order chi connectivity index (χ1) is 14.6. The molecule has 30 heavy (non-hydrogen) atoms. The first-order valence-electron chi connectivity index (χ1n) is 10.00. The van der Waals surface area contributed by atoms with Crippen LogP contribution in [0.4, 0.5) is 4.39 Å². The van der Waals surface area contributed by atoms with Gasteiger partial charge in [0.1, 0.15) is 12.4 Å². The lowest BCUT2D eigenvalue weighted by Crippen LogP contribution is -2.55. The van der Waals surface area contributed by atoms with Gasteiger partial charge in [0.05, 0.1) is 6.54 Å². The van der Waals surface area contributed by atoms with Gasteiger partial charge < -0.3 is 19.7 Å². The summed E-state index contributed by atoms with van der Waals surface area (Å²) in [7, 11) is 0. The largest absolute Gasteiger partial charge is 0.485 e. The van der Waals surface area contributed by atoms with Gasteiger partial charge in [0, 0.05) is 38.3 Å². The monoisotopic (exact) mass is 413 g/mol. The Hall–Kier alpha value is -3.13. The quantitative estimate of drug-likeness (QED) is 0.803. The van der Waals surface area contributed by atoms with E-state index in [4.69, 9.17) is 9.47 Å². The third-order valence-electron chi connectivity index (χ3n) is 5.27.